The maximum atomic E-state index is 8.85. The Morgan fingerprint density at radius 3 is 2.87 bits per heavy atom. The Labute approximate surface area is 88.2 Å². The van der Waals surface area contributed by atoms with Gasteiger partial charge < -0.3 is 5.11 Å². The molecule has 0 atom stereocenters. The van der Waals surface area contributed by atoms with Crippen LogP contribution in [0.1, 0.15) is 5.69 Å². The molecule has 2 aromatic rings. The molecule has 4 heteroatoms. The molecule has 78 valence electrons. The molecule has 0 saturated carbocycles. The SMILES string of the molecule is Cc1cc(-c2ccccn2)nn1CCO. The van der Waals surface area contributed by atoms with Crippen LogP contribution in [0.15, 0.2) is 30.5 Å². The predicted octanol–water partition coefficient (Wildman–Crippen LogP) is 1.25. The first-order valence-corrected chi connectivity index (χ1v) is 4.88. The number of nitrogens with zero attached hydrogens (tertiary/aromatic N) is 3. The van der Waals surface area contributed by atoms with Gasteiger partial charge in [-0.3, -0.25) is 9.67 Å². The van der Waals surface area contributed by atoms with Crippen LogP contribution in [0.25, 0.3) is 11.4 Å². The minimum absolute atomic E-state index is 0.101. The van der Waals surface area contributed by atoms with E-state index in [9.17, 15) is 0 Å². The Balaban J connectivity index is 2.34. The van der Waals surface area contributed by atoms with E-state index in [1.807, 2.05) is 31.2 Å². The van der Waals surface area contributed by atoms with E-state index in [1.165, 1.54) is 0 Å². The van der Waals surface area contributed by atoms with Gasteiger partial charge in [0.15, 0.2) is 0 Å². The summed E-state index contributed by atoms with van der Waals surface area (Å²) in [6, 6.07) is 7.70. The summed E-state index contributed by atoms with van der Waals surface area (Å²) in [6.45, 7) is 2.60. The molecule has 0 aromatic carbocycles. The number of aliphatic hydroxyl groups is 1. The van der Waals surface area contributed by atoms with Gasteiger partial charge in [-0.1, -0.05) is 6.07 Å². The number of aromatic nitrogens is 3. The van der Waals surface area contributed by atoms with Gasteiger partial charge in [-0.05, 0) is 25.1 Å². The number of aryl methyl sites for hydroxylation is 1. The standard InChI is InChI=1S/C11H13N3O/c1-9-8-11(13-14(9)6-7-15)10-4-2-3-5-12-10/h2-5,8,15H,6-7H2,1H3. The van der Waals surface area contributed by atoms with E-state index in [0.717, 1.165) is 17.1 Å². The zero-order valence-corrected chi connectivity index (χ0v) is 8.59. The number of hydrogen-bond donors (Lipinski definition) is 1. The van der Waals surface area contributed by atoms with Crippen LogP contribution in [-0.2, 0) is 6.54 Å². The monoisotopic (exact) mass is 203 g/mol. The van der Waals surface area contributed by atoms with E-state index in [1.54, 1.807) is 10.9 Å². The lowest BCUT2D eigenvalue weighted by Crippen LogP contribution is -2.05. The van der Waals surface area contributed by atoms with Crippen LogP contribution in [0.4, 0.5) is 0 Å². The van der Waals surface area contributed by atoms with E-state index in [0.29, 0.717) is 6.54 Å². The van der Waals surface area contributed by atoms with Crippen molar-refractivity contribution < 1.29 is 5.11 Å². The molecule has 0 aliphatic rings. The summed E-state index contributed by atoms with van der Waals surface area (Å²) in [5.41, 5.74) is 2.74. The number of aliphatic hydroxyl groups excluding tert-OH is 1. The average Bonchev–Trinajstić information content (AvgIpc) is 2.63. The summed E-state index contributed by atoms with van der Waals surface area (Å²) in [5.74, 6) is 0. The lowest BCUT2D eigenvalue weighted by Gasteiger charge is -1.99. The molecule has 2 heterocycles. The molecule has 0 unspecified atom stereocenters. The third-order valence-electron chi connectivity index (χ3n) is 2.22. The highest BCUT2D eigenvalue weighted by molar-refractivity contribution is 5.53. The van der Waals surface area contributed by atoms with Gasteiger partial charge in [0.2, 0.25) is 0 Å². The highest BCUT2D eigenvalue weighted by Gasteiger charge is 2.06. The van der Waals surface area contributed by atoms with E-state index >= 15 is 0 Å². The molecule has 0 spiro atoms. The van der Waals surface area contributed by atoms with Crippen LogP contribution < -0.4 is 0 Å². The topological polar surface area (TPSA) is 50.9 Å². The van der Waals surface area contributed by atoms with E-state index in [-0.39, 0.29) is 6.61 Å². The lowest BCUT2D eigenvalue weighted by atomic mass is 10.2. The first-order valence-electron chi connectivity index (χ1n) is 4.88. The zero-order chi connectivity index (χ0) is 10.7. The smallest absolute Gasteiger partial charge is 0.111 e. The largest absolute Gasteiger partial charge is 0.394 e. The van der Waals surface area contributed by atoms with Gasteiger partial charge in [0, 0.05) is 11.9 Å². The Morgan fingerprint density at radius 2 is 2.20 bits per heavy atom. The number of hydrogen-bond acceptors (Lipinski definition) is 3. The summed E-state index contributed by atoms with van der Waals surface area (Å²) in [7, 11) is 0. The maximum absolute atomic E-state index is 8.85. The number of pyridine rings is 1. The molecule has 0 saturated heterocycles. The van der Waals surface area contributed by atoms with Crippen LogP contribution in [-0.4, -0.2) is 26.5 Å². The molecule has 0 radical (unpaired) electrons. The Kier molecular flexibility index (Phi) is 2.78. The van der Waals surface area contributed by atoms with Gasteiger partial charge >= 0.3 is 0 Å². The summed E-state index contributed by atoms with van der Waals surface area (Å²) < 4.78 is 1.78. The lowest BCUT2D eigenvalue weighted by molar-refractivity contribution is 0.268. The summed E-state index contributed by atoms with van der Waals surface area (Å²) in [4.78, 5) is 4.23. The van der Waals surface area contributed by atoms with Crippen molar-refractivity contribution in [2.24, 2.45) is 0 Å². The fraction of sp³-hybridized carbons (Fsp3) is 0.273. The van der Waals surface area contributed by atoms with Gasteiger partial charge in [0.25, 0.3) is 0 Å². The first-order chi connectivity index (χ1) is 7.31. The molecule has 15 heavy (non-hydrogen) atoms. The summed E-state index contributed by atoms with van der Waals surface area (Å²) >= 11 is 0. The van der Waals surface area contributed by atoms with E-state index in [4.69, 9.17) is 5.11 Å². The number of rotatable bonds is 3. The second-order valence-corrected chi connectivity index (χ2v) is 3.33. The molecule has 4 nitrogen and oxygen atoms in total. The Bertz CT molecular complexity index is 436. The normalized spacial score (nSPS) is 10.5. The van der Waals surface area contributed by atoms with Crippen molar-refractivity contribution in [3.8, 4) is 11.4 Å². The van der Waals surface area contributed by atoms with Crippen molar-refractivity contribution in [3.63, 3.8) is 0 Å². The molecular weight excluding hydrogens is 190 g/mol. The van der Waals surface area contributed by atoms with Gasteiger partial charge in [-0.2, -0.15) is 5.10 Å². The van der Waals surface area contributed by atoms with Crippen molar-refractivity contribution >= 4 is 0 Å². The fourth-order valence-corrected chi connectivity index (χ4v) is 1.47. The van der Waals surface area contributed by atoms with Gasteiger partial charge in [0.1, 0.15) is 5.69 Å². The van der Waals surface area contributed by atoms with Crippen LogP contribution in [0.2, 0.25) is 0 Å². The predicted molar refractivity (Wildman–Crippen MR) is 57.3 cm³/mol. The van der Waals surface area contributed by atoms with Crippen molar-refractivity contribution in [1.29, 1.82) is 0 Å². The van der Waals surface area contributed by atoms with Crippen molar-refractivity contribution in [3.05, 3.63) is 36.2 Å². The average molecular weight is 203 g/mol. The second kappa shape index (κ2) is 4.23. The van der Waals surface area contributed by atoms with Crippen LogP contribution >= 0.6 is 0 Å². The van der Waals surface area contributed by atoms with Gasteiger partial charge in [-0.15, -0.1) is 0 Å². The summed E-state index contributed by atoms with van der Waals surface area (Å²) in [6.07, 6.45) is 1.75. The Morgan fingerprint density at radius 1 is 1.33 bits per heavy atom. The van der Waals surface area contributed by atoms with E-state index < -0.39 is 0 Å². The van der Waals surface area contributed by atoms with Crippen LogP contribution in [0, 0.1) is 6.92 Å². The van der Waals surface area contributed by atoms with Gasteiger partial charge in [0.05, 0.1) is 18.8 Å². The molecule has 0 fully saturated rings. The minimum Gasteiger partial charge on any atom is -0.394 e. The van der Waals surface area contributed by atoms with Crippen molar-refractivity contribution in [1.82, 2.24) is 14.8 Å². The minimum atomic E-state index is 0.101. The quantitative estimate of drug-likeness (QED) is 0.816. The highest BCUT2D eigenvalue weighted by atomic mass is 16.3. The molecule has 1 N–H and O–H groups in total. The molecule has 0 aliphatic heterocycles. The van der Waals surface area contributed by atoms with E-state index in [2.05, 4.69) is 10.1 Å². The Hall–Kier alpha value is -1.68. The van der Waals surface area contributed by atoms with Gasteiger partial charge in [-0.25, -0.2) is 0 Å². The molecule has 0 amide bonds. The highest BCUT2D eigenvalue weighted by Crippen LogP contribution is 2.15. The third-order valence-corrected chi connectivity index (χ3v) is 2.22. The zero-order valence-electron chi connectivity index (χ0n) is 8.59. The molecule has 0 bridgehead atoms. The summed E-state index contributed by atoms with van der Waals surface area (Å²) in [5, 5.41) is 13.2. The fourth-order valence-electron chi connectivity index (χ4n) is 1.47. The van der Waals surface area contributed by atoms with Crippen LogP contribution in [0.5, 0.6) is 0 Å². The molecule has 0 aliphatic carbocycles. The molecule has 2 aromatic heterocycles. The van der Waals surface area contributed by atoms with Crippen LogP contribution in [0.3, 0.4) is 0 Å². The van der Waals surface area contributed by atoms with Crippen molar-refractivity contribution in [2.75, 3.05) is 6.61 Å². The second-order valence-electron chi connectivity index (χ2n) is 3.33. The first kappa shape index (κ1) is 9.86. The van der Waals surface area contributed by atoms with Crippen molar-refractivity contribution in [2.45, 2.75) is 13.5 Å². The third kappa shape index (κ3) is 2.05. The molecular formula is C11H13N3O. The molecule has 2 rings (SSSR count). The maximum Gasteiger partial charge on any atom is 0.111 e.